The molecule has 4 aromatic rings. The molecule has 0 unspecified atom stereocenters. The van der Waals surface area contributed by atoms with Crippen LogP contribution in [0.25, 0.3) is 32.9 Å². The first-order valence-corrected chi connectivity index (χ1v) is 17.4. The molecule has 2 aromatic heterocycles. The van der Waals surface area contributed by atoms with E-state index in [-0.39, 0.29) is 58.1 Å². The number of hydrogen-bond acceptors (Lipinski definition) is 9. The number of phenolic OH excluding ortho intramolecular Hbond substituents is 1. The molecule has 2 saturated carbocycles. The van der Waals surface area contributed by atoms with Crippen molar-refractivity contribution in [3.8, 4) is 35.4 Å². The van der Waals surface area contributed by atoms with Gasteiger partial charge in [0.2, 0.25) is 0 Å². The van der Waals surface area contributed by atoms with Crippen LogP contribution < -0.4 is 9.64 Å². The van der Waals surface area contributed by atoms with Crippen molar-refractivity contribution in [3.05, 3.63) is 47.7 Å². The molecular formula is C38H41F2N5O4. The summed E-state index contributed by atoms with van der Waals surface area (Å²) < 4.78 is 44.1. The van der Waals surface area contributed by atoms with Crippen molar-refractivity contribution in [3.63, 3.8) is 0 Å². The van der Waals surface area contributed by atoms with Crippen molar-refractivity contribution >= 4 is 27.5 Å². The molecule has 3 atom stereocenters. The number of aliphatic hydroxyl groups is 1. The van der Waals surface area contributed by atoms with Gasteiger partial charge in [0.15, 0.2) is 5.82 Å². The molecule has 0 bridgehead atoms. The van der Waals surface area contributed by atoms with E-state index in [2.05, 4.69) is 20.8 Å². The van der Waals surface area contributed by atoms with Gasteiger partial charge < -0.3 is 24.6 Å². The van der Waals surface area contributed by atoms with E-state index in [0.717, 1.165) is 38.6 Å². The largest absolute Gasteiger partial charge is 0.508 e. The number of aromatic hydroxyl groups is 1. The maximum Gasteiger partial charge on any atom is 0.319 e. The molecule has 4 aliphatic rings. The van der Waals surface area contributed by atoms with Gasteiger partial charge in [0, 0.05) is 41.2 Å². The van der Waals surface area contributed by atoms with Crippen molar-refractivity contribution in [2.24, 2.45) is 5.41 Å². The first kappa shape index (κ1) is 32.1. The maximum absolute atomic E-state index is 17.0. The van der Waals surface area contributed by atoms with Gasteiger partial charge in [0.1, 0.15) is 34.2 Å². The second kappa shape index (κ2) is 12.3. The molecule has 2 saturated heterocycles. The third-order valence-corrected chi connectivity index (χ3v) is 11.2. The third kappa shape index (κ3) is 5.64. The van der Waals surface area contributed by atoms with Gasteiger partial charge in [-0.1, -0.05) is 24.8 Å². The highest BCUT2D eigenvalue weighted by Gasteiger charge is 2.50. The predicted octanol–water partition coefficient (Wildman–Crippen LogP) is 5.96. The number of rotatable bonds is 6. The number of phenols is 1. The second-order valence-electron chi connectivity index (χ2n) is 14.6. The highest BCUT2D eigenvalue weighted by atomic mass is 19.1. The SMILES string of the molecule is C#Cc1c(F)ccc2cc(O)cc(-c3ncc4c(N5CCOC[C@@](C)(O)C5)nc(OC[C@]56CCC[C@H]5N(C5CCC5)CCC6)nc4c3F)c12. The van der Waals surface area contributed by atoms with E-state index < -0.39 is 17.2 Å². The lowest BCUT2D eigenvalue weighted by Crippen LogP contribution is -2.57. The lowest BCUT2D eigenvalue weighted by molar-refractivity contribution is -0.0399. The van der Waals surface area contributed by atoms with Gasteiger partial charge in [-0.2, -0.15) is 9.97 Å². The number of likely N-dealkylation sites (tertiary alicyclic amines) is 1. The number of pyridine rings is 1. The number of terminal acetylenes is 1. The molecule has 256 valence electrons. The number of hydrogen-bond donors (Lipinski definition) is 2. The van der Waals surface area contributed by atoms with Gasteiger partial charge in [0.05, 0.1) is 37.3 Å². The summed E-state index contributed by atoms with van der Waals surface area (Å²) in [6, 6.07) is 6.63. The fourth-order valence-corrected chi connectivity index (χ4v) is 8.75. The Hall–Kier alpha value is -4.11. The summed E-state index contributed by atoms with van der Waals surface area (Å²) >= 11 is 0. The molecule has 0 spiro atoms. The number of benzene rings is 2. The fourth-order valence-electron chi connectivity index (χ4n) is 8.75. The van der Waals surface area contributed by atoms with Gasteiger partial charge in [-0.15, -0.1) is 6.42 Å². The van der Waals surface area contributed by atoms with Crippen LogP contribution >= 0.6 is 0 Å². The zero-order chi connectivity index (χ0) is 33.9. The predicted molar refractivity (Wildman–Crippen MR) is 183 cm³/mol. The van der Waals surface area contributed by atoms with Crippen LogP contribution in [-0.2, 0) is 4.74 Å². The summed E-state index contributed by atoms with van der Waals surface area (Å²) in [5.74, 6) is 1.19. The molecule has 4 heterocycles. The van der Waals surface area contributed by atoms with Crippen LogP contribution in [0.5, 0.6) is 11.8 Å². The van der Waals surface area contributed by atoms with Crippen LogP contribution in [-0.4, -0.2) is 87.2 Å². The van der Waals surface area contributed by atoms with Crippen LogP contribution in [0.2, 0.25) is 0 Å². The Morgan fingerprint density at radius 1 is 1.10 bits per heavy atom. The third-order valence-electron chi connectivity index (χ3n) is 11.2. The lowest BCUT2D eigenvalue weighted by atomic mass is 9.73. The number of halogens is 2. The van der Waals surface area contributed by atoms with E-state index in [1.807, 2.05) is 4.90 Å². The van der Waals surface area contributed by atoms with E-state index in [1.165, 1.54) is 49.7 Å². The summed E-state index contributed by atoms with van der Waals surface area (Å²) in [5.41, 5.74) is -1.30. The Labute approximate surface area is 284 Å². The number of fused-ring (bicyclic) bond motifs is 3. The van der Waals surface area contributed by atoms with Crippen molar-refractivity contribution in [2.75, 3.05) is 44.4 Å². The van der Waals surface area contributed by atoms with E-state index in [1.54, 1.807) is 6.92 Å². The average Bonchev–Trinajstić information content (AvgIpc) is 3.41. The van der Waals surface area contributed by atoms with E-state index in [9.17, 15) is 14.6 Å². The molecule has 2 aromatic carbocycles. The van der Waals surface area contributed by atoms with Crippen LogP contribution in [0, 0.1) is 29.4 Å². The molecule has 0 amide bonds. The van der Waals surface area contributed by atoms with E-state index in [4.69, 9.17) is 20.9 Å². The minimum absolute atomic E-state index is 0.0233. The molecule has 2 aliphatic carbocycles. The summed E-state index contributed by atoms with van der Waals surface area (Å²) in [4.78, 5) is 18.6. The first-order valence-electron chi connectivity index (χ1n) is 17.4. The molecular weight excluding hydrogens is 628 g/mol. The highest BCUT2D eigenvalue weighted by molar-refractivity contribution is 6.03. The van der Waals surface area contributed by atoms with Crippen molar-refractivity contribution < 1.29 is 28.5 Å². The summed E-state index contributed by atoms with van der Waals surface area (Å²) in [7, 11) is 0. The van der Waals surface area contributed by atoms with Crippen LogP contribution in [0.4, 0.5) is 14.6 Å². The van der Waals surface area contributed by atoms with E-state index >= 15 is 4.39 Å². The van der Waals surface area contributed by atoms with Crippen LogP contribution in [0.15, 0.2) is 30.5 Å². The summed E-state index contributed by atoms with van der Waals surface area (Å²) in [5, 5.41) is 22.7. The second-order valence-corrected chi connectivity index (χ2v) is 14.6. The molecule has 49 heavy (non-hydrogen) atoms. The maximum atomic E-state index is 17.0. The minimum Gasteiger partial charge on any atom is -0.508 e. The zero-order valence-electron chi connectivity index (χ0n) is 27.7. The number of aromatic nitrogens is 3. The average molecular weight is 670 g/mol. The normalized spacial score (nSPS) is 26.3. The Morgan fingerprint density at radius 2 is 1.94 bits per heavy atom. The Balaban J connectivity index is 1.25. The number of ether oxygens (including phenoxy) is 2. The van der Waals surface area contributed by atoms with Crippen molar-refractivity contribution in [1.29, 1.82) is 0 Å². The monoisotopic (exact) mass is 669 g/mol. The standard InChI is InChI=1S/C38H41F2N5O4/c1-3-26-29(39)11-10-23-17-25(46)18-27(31(23)26)33-32(40)34-28(19-41-33)35(44-15-16-48-21-37(2,47)20-44)43-36(42-34)49-22-38-12-5-9-30(38)45(14-6-13-38)24-7-4-8-24/h1,10-11,17-19,24,30,46-47H,4-9,12-16,20-22H2,2H3/t30-,37+,38-/m1/s1. The van der Waals surface area contributed by atoms with Gasteiger partial charge in [-0.3, -0.25) is 9.88 Å². The molecule has 11 heteroatoms. The van der Waals surface area contributed by atoms with Crippen molar-refractivity contribution in [1.82, 2.24) is 19.9 Å². The molecule has 8 rings (SSSR count). The smallest absolute Gasteiger partial charge is 0.319 e. The van der Waals surface area contributed by atoms with Gasteiger partial charge in [0.25, 0.3) is 0 Å². The highest BCUT2D eigenvalue weighted by Crippen LogP contribution is 2.50. The Morgan fingerprint density at radius 3 is 2.73 bits per heavy atom. The number of β-amino-alcohol motifs (C(OH)–C–C–N with tert-alkyl or cyclic N) is 1. The van der Waals surface area contributed by atoms with Crippen LogP contribution in [0.3, 0.4) is 0 Å². The van der Waals surface area contributed by atoms with Gasteiger partial charge in [-0.25, -0.2) is 8.78 Å². The first-order chi connectivity index (χ1) is 23.7. The van der Waals surface area contributed by atoms with Gasteiger partial charge >= 0.3 is 6.01 Å². The number of nitrogens with zero attached hydrogens (tertiary/aromatic N) is 5. The van der Waals surface area contributed by atoms with Gasteiger partial charge in [-0.05, 0) is 75.6 Å². The molecule has 9 nitrogen and oxygen atoms in total. The molecule has 4 fully saturated rings. The minimum atomic E-state index is -1.18. The fraction of sp³-hybridized carbons (Fsp3) is 0.500. The zero-order valence-corrected chi connectivity index (χ0v) is 27.7. The Bertz CT molecular complexity index is 1980. The Kier molecular flexibility index (Phi) is 8.09. The molecule has 2 aliphatic heterocycles. The topological polar surface area (TPSA) is 104 Å². The van der Waals surface area contributed by atoms with E-state index in [0.29, 0.717) is 48.4 Å². The number of piperidine rings is 1. The summed E-state index contributed by atoms with van der Waals surface area (Å²) in [6.07, 6.45) is 16.5. The summed E-state index contributed by atoms with van der Waals surface area (Å²) in [6.45, 7) is 4.31. The quantitative estimate of drug-likeness (QED) is 0.241. The van der Waals surface area contributed by atoms with Crippen LogP contribution in [0.1, 0.15) is 63.9 Å². The molecule has 2 N–H and O–H groups in total. The van der Waals surface area contributed by atoms with Crippen molar-refractivity contribution in [2.45, 2.75) is 76.0 Å². The lowest BCUT2D eigenvalue weighted by Gasteiger charge is -2.51. The molecule has 0 radical (unpaired) electrons. The number of anilines is 1.